The number of hydrogen-bond donors (Lipinski definition) is 1. The van der Waals surface area contributed by atoms with Gasteiger partial charge in [0.1, 0.15) is 5.01 Å². The Kier molecular flexibility index (Phi) is 6.41. The molecule has 0 spiro atoms. The van der Waals surface area contributed by atoms with Crippen molar-refractivity contribution in [2.24, 2.45) is 0 Å². The highest BCUT2D eigenvalue weighted by Gasteiger charge is 2.14. The van der Waals surface area contributed by atoms with Crippen LogP contribution in [0.3, 0.4) is 0 Å². The van der Waals surface area contributed by atoms with E-state index in [9.17, 15) is 4.79 Å². The molecule has 0 bridgehead atoms. The first-order valence-electron chi connectivity index (χ1n) is 9.45. The Morgan fingerprint density at radius 2 is 1.79 bits per heavy atom. The molecule has 0 radical (unpaired) electrons. The minimum atomic E-state index is -0.0217. The van der Waals surface area contributed by atoms with Crippen LogP contribution in [0.5, 0.6) is 0 Å². The minimum absolute atomic E-state index is 0.0217. The van der Waals surface area contributed by atoms with E-state index in [0.717, 1.165) is 41.6 Å². The van der Waals surface area contributed by atoms with Crippen LogP contribution in [0.25, 0.3) is 10.6 Å². The molecule has 0 saturated carbocycles. The van der Waals surface area contributed by atoms with E-state index in [-0.39, 0.29) is 12.3 Å². The second-order valence-corrected chi connectivity index (χ2v) is 8.86. The first kappa shape index (κ1) is 19.2. The molecule has 1 saturated heterocycles. The number of thioether (sulfide) groups is 1. The Balaban J connectivity index is 1.39. The summed E-state index contributed by atoms with van der Waals surface area (Å²) in [5.41, 5.74) is 3.98. The summed E-state index contributed by atoms with van der Waals surface area (Å²) >= 11 is 3.59. The van der Waals surface area contributed by atoms with Gasteiger partial charge in [-0.2, -0.15) is 11.8 Å². The van der Waals surface area contributed by atoms with Crippen molar-refractivity contribution >= 4 is 34.7 Å². The summed E-state index contributed by atoms with van der Waals surface area (Å²) in [6, 6.07) is 18.2. The SMILES string of the molecule is O=C(Cc1csc(-c2ccccc2)n1)Nc1ccccc1CN1CCSCC1. The highest BCUT2D eigenvalue weighted by atomic mass is 32.2. The van der Waals surface area contributed by atoms with E-state index in [0.29, 0.717) is 0 Å². The van der Waals surface area contributed by atoms with Crippen molar-refractivity contribution < 1.29 is 4.79 Å². The quantitative estimate of drug-likeness (QED) is 0.649. The third-order valence-corrected chi connectivity index (χ3v) is 6.59. The van der Waals surface area contributed by atoms with E-state index < -0.39 is 0 Å². The van der Waals surface area contributed by atoms with E-state index in [2.05, 4.69) is 21.3 Å². The third kappa shape index (κ3) is 5.01. The first-order valence-corrected chi connectivity index (χ1v) is 11.5. The molecule has 1 N–H and O–H groups in total. The summed E-state index contributed by atoms with van der Waals surface area (Å²) < 4.78 is 0. The Labute approximate surface area is 174 Å². The van der Waals surface area contributed by atoms with Crippen molar-refractivity contribution in [1.82, 2.24) is 9.88 Å². The molecule has 3 aromatic rings. The van der Waals surface area contributed by atoms with E-state index in [1.165, 1.54) is 17.1 Å². The highest BCUT2D eigenvalue weighted by Crippen LogP contribution is 2.24. The molecule has 2 heterocycles. The lowest BCUT2D eigenvalue weighted by Crippen LogP contribution is -2.32. The summed E-state index contributed by atoms with van der Waals surface area (Å²) in [7, 11) is 0. The molecule has 6 heteroatoms. The van der Waals surface area contributed by atoms with Gasteiger partial charge in [-0.05, 0) is 11.6 Å². The molecular weight excluding hydrogens is 386 g/mol. The maximum Gasteiger partial charge on any atom is 0.230 e. The number of amides is 1. The molecular formula is C22H23N3OS2. The number of aromatic nitrogens is 1. The number of benzene rings is 2. The average Bonchev–Trinajstić information content (AvgIpc) is 3.19. The lowest BCUT2D eigenvalue weighted by atomic mass is 10.1. The number of rotatable bonds is 6. The largest absolute Gasteiger partial charge is 0.325 e. The number of carbonyl (C=O) groups excluding carboxylic acids is 1. The van der Waals surface area contributed by atoms with Gasteiger partial charge in [0.2, 0.25) is 5.91 Å². The molecule has 2 aromatic carbocycles. The topological polar surface area (TPSA) is 45.2 Å². The van der Waals surface area contributed by atoms with Gasteiger partial charge < -0.3 is 5.32 Å². The van der Waals surface area contributed by atoms with Crippen molar-refractivity contribution in [2.45, 2.75) is 13.0 Å². The van der Waals surface area contributed by atoms with Gasteiger partial charge in [0.05, 0.1) is 12.1 Å². The van der Waals surface area contributed by atoms with Gasteiger partial charge in [0, 0.05) is 47.8 Å². The predicted molar refractivity (Wildman–Crippen MR) is 119 cm³/mol. The van der Waals surface area contributed by atoms with Crippen molar-refractivity contribution in [3.05, 3.63) is 71.2 Å². The summed E-state index contributed by atoms with van der Waals surface area (Å²) in [6.45, 7) is 3.09. The highest BCUT2D eigenvalue weighted by molar-refractivity contribution is 7.99. The number of para-hydroxylation sites is 1. The van der Waals surface area contributed by atoms with Gasteiger partial charge in [-0.1, -0.05) is 48.5 Å². The van der Waals surface area contributed by atoms with E-state index >= 15 is 0 Å². The van der Waals surface area contributed by atoms with Crippen LogP contribution in [0, 0.1) is 0 Å². The van der Waals surface area contributed by atoms with Crippen LogP contribution < -0.4 is 5.32 Å². The monoisotopic (exact) mass is 409 g/mol. The molecule has 1 aromatic heterocycles. The van der Waals surface area contributed by atoms with Crippen LogP contribution in [-0.2, 0) is 17.8 Å². The summed E-state index contributed by atoms with van der Waals surface area (Å²) in [6.07, 6.45) is 0.290. The molecule has 0 unspecified atom stereocenters. The Hall–Kier alpha value is -2.15. The Morgan fingerprint density at radius 3 is 2.61 bits per heavy atom. The molecule has 1 aliphatic heterocycles. The number of nitrogens with one attached hydrogen (secondary N) is 1. The summed E-state index contributed by atoms with van der Waals surface area (Å²) in [5.74, 6) is 2.34. The van der Waals surface area contributed by atoms with Crippen LogP contribution in [0.4, 0.5) is 5.69 Å². The number of hydrogen-bond acceptors (Lipinski definition) is 5. The van der Waals surface area contributed by atoms with Crippen LogP contribution in [0.2, 0.25) is 0 Å². The van der Waals surface area contributed by atoms with Gasteiger partial charge in [-0.25, -0.2) is 4.98 Å². The molecule has 1 fully saturated rings. The van der Waals surface area contributed by atoms with Crippen LogP contribution in [0.15, 0.2) is 60.0 Å². The van der Waals surface area contributed by atoms with Gasteiger partial charge in [0.15, 0.2) is 0 Å². The summed E-state index contributed by atoms with van der Waals surface area (Å²) in [4.78, 5) is 19.7. The molecule has 4 rings (SSSR count). The predicted octanol–water partition coefficient (Wildman–Crippen LogP) is 4.54. The maximum absolute atomic E-state index is 12.6. The zero-order valence-corrected chi connectivity index (χ0v) is 17.3. The van der Waals surface area contributed by atoms with Crippen LogP contribution in [-0.4, -0.2) is 40.4 Å². The molecule has 4 nitrogen and oxygen atoms in total. The molecule has 28 heavy (non-hydrogen) atoms. The van der Waals surface area contributed by atoms with Gasteiger partial charge in [0.25, 0.3) is 0 Å². The standard InChI is InChI=1S/C22H23N3OS2/c26-21(14-19-16-28-22(23-19)17-6-2-1-3-7-17)24-20-9-5-4-8-18(20)15-25-10-12-27-13-11-25/h1-9,16H,10-15H2,(H,24,26). The Morgan fingerprint density at radius 1 is 1.04 bits per heavy atom. The number of carbonyl (C=O) groups is 1. The number of thiazole rings is 1. The fraction of sp³-hybridized carbons (Fsp3) is 0.273. The maximum atomic E-state index is 12.6. The average molecular weight is 410 g/mol. The minimum Gasteiger partial charge on any atom is -0.325 e. The normalized spacial score (nSPS) is 14.7. The second kappa shape index (κ2) is 9.37. The lowest BCUT2D eigenvalue weighted by Gasteiger charge is -2.27. The number of anilines is 1. The van der Waals surface area contributed by atoms with E-state index in [1.807, 2.05) is 65.7 Å². The van der Waals surface area contributed by atoms with Crippen LogP contribution >= 0.6 is 23.1 Å². The fourth-order valence-electron chi connectivity index (χ4n) is 3.24. The van der Waals surface area contributed by atoms with Gasteiger partial charge >= 0.3 is 0 Å². The van der Waals surface area contributed by atoms with Gasteiger partial charge in [-0.3, -0.25) is 9.69 Å². The molecule has 1 amide bonds. The molecule has 1 aliphatic rings. The second-order valence-electron chi connectivity index (χ2n) is 6.78. The molecule has 0 atom stereocenters. The van der Waals surface area contributed by atoms with Crippen molar-refractivity contribution in [3.63, 3.8) is 0 Å². The van der Waals surface area contributed by atoms with Crippen molar-refractivity contribution in [3.8, 4) is 10.6 Å². The van der Waals surface area contributed by atoms with Crippen molar-refractivity contribution in [1.29, 1.82) is 0 Å². The van der Waals surface area contributed by atoms with Crippen molar-refractivity contribution in [2.75, 3.05) is 29.9 Å². The zero-order chi connectivity index (χ0) is 19.2. The number of nitrogens with zero attached hydrogens (tertiary/aromatic N) is 2. The van der Waals surface area contributed by atoms with Gasteiger partial charge in [-0.15, -0.1) is 11.3 Å². The zero-order valence-electron chi connectivity index (χ0n) is 15.6. The molecule has 0 aliphatic carbocycles. The molecule has 144 valence electrons. The summed E-state index contributed by atoms with van der Waals surface area (Å²) in [5, 5.41) is 6.01. The van der Waals surface area contributed by atoms with Crippen LogP contribution in [0.1, 0.15) is 11.3 Å². The fourth-order valence-corrected chi connectivity index (χ4v) is 5.05. The van der Waals surface area contributed by atoms with E-state index in [4.69, 9.17) is 0 Å². The van der Waals surface area contributed by atoms with E-state index in [1.54, 1.807) is 11.3 Å². The lowest BCUT2D eigenvalue weighted by molar-refractivity contribution is -0.115. The smallest absolute Gasteiger partial charge is 0.230 e. The Bertz CT molecular complexity index is 920. The first-order chi connectivity index (χ1) is 13.8. The third-order valence-electron chi connectivity index (χ3n) is 4.70.